The Balaban J connectivity index is 6.89. The van der Waals surface area contributed by atoms with Gasteiger partial charge in [0.05, 0.1) is 5.54 Å². The van der Waals surface area contributed by atoms with Crippen LogP contribution >= 0.6 is 0 Å². The summed E-state index contributed by atoms with van der Waals surface area (Å²) in [6.07, 6.45) is -7.78. The second kappa shape index (κ2) is 8.27. The summed E-state index contributed by atoms with van der Waals surface area (Å²) >= 11 is 0. The Morgan fingerprint density at radius 1 is 0.485 bits per heavy atom. The zero-order chi connectivity index (χ0) is 27.5. The number of halogens is 17. The van der Waals surface area contributed by atoms with Gasteiger partial charge in [0, 0.05) is 14.2 Å². The summed E-state index contributed by atoms with van der Waals surface area (Å²) in [5, 5.41) is 0. The van der Waals surface area contributed by atoms with Crippen LogP contribution in [0.5, 0.6) is 0 Å². The molecular weight excluding hydrogens is 539 g/mol. The SMILES string of the molecule is CO[Si](C)(OC)C(C)C(F)(F)C(F)(F)C(F)(F)C(F)(F)C(F)(F)C(F)(F)C(F)(F)C(F)(F)F. The Bertz CT molecular complexity index is 698. The smallest absolute Gasteiger partial charge is 0.397 e. The van der Waals surface area contributed by atoms with Gasteiger partial charge in [-0.05, 0) is 6.55 Å². The molecule has 33 heavy (non-hydrogen) atoms. The molecule has 0 amide bonds. The van der Waals surface area contributed by atoms with Gasteiger partial charge in [-0.2, -0.15) is 74.6 Å². The fraction of sp³-hybridized carbons (Fsp3) is 1.00. The third-order valence-electron chi connectivity index (χ3n) is 4.89. The first-order chi connectivity index (χ1) is 14.0. The molecule has 0 spiro atoms. The van der Waals surface area contributed by atoms with Crippen LogP contribution in [-0.2, 0) is 8.85 Å². The lowest BCUT2D eigenvalue weighted by Gasteiger charge is -2.45. The number of alkyl halides is 17. The van der Waals surface area contributed by atoms with Crippen molar-refractivity contribution in [2.45, 2.75) is 66.6 Å². The standard InChI is InChI=1S/C13H13F17O2Si/c1-5(33(4,31-2)32-3)6(14,15)7(16,17)8(18,19)9(20,21)10(22,23)11(24,25)12(26,27)13(28,29)30/h5H,1-4H3. The molecule has 0 aromatic carbocycles. The first-order valence-corrected chi connectivity index (χ1v) is 10.2. The summed E-state index contributed by atoms with van der Waals surface area (Å²) in [5.74, 6) is -56.6. The summed E-state index contributed by atoms with van der Waals surface area (Å²) in [6, 6.07) is 0. The molecule has 0 aliphatic carbocycles. The van der Waals surface area contributed by atoms with E-state index in [4.69, 9.17) is 0 Å². The van der Waals surface area contributed by atoms with E-state index in [0.717, 1.165) is 0 Å². The first-order valence-electron chi connectivity index (χ1n) is 7.84. The van der Waals surface area contributed by atoms with Gasteiger partial charge < -0.3 is 8.85 Å². The van der Waals surface area contributed by atoms with E-state index in [1.165, 1.54) is 0 Å². The third-order valence-corrected chi connectivity index (χ3v) is 8.44. The number of hydrogen-bond acceptors (Lipinski definition) is 2. The molecule has 0 fully saturated rings. The van der Waals surface area contributed by atoms with E-state index in [-0.39, 0.29) is 6.92 Å². The Labute approximate surface area is 174 Å². The van der Waals surface area contributed by atoms with E-state index in [0.29, 0.717) is 20.8 Å². The summed E-state index contributed by atoms with van der Waals surface area (Å²) in [5.41, 5.74) is -3.33. The van der Waals surface area contributed by atoms with Crippen LogP contribution in [0.4, 0.5) is 74.6 Å². The zero-order valence-electron chi connectivity index (χ0n) is 16.3. The lowest BCUT2D eigenvalue weighted by Crippen LogP contribution is -2.75. The molecule has 2 nitrogen and oxygen atoms in total. The van der Waals surface area contributed by atoms with E-state index >= 15 is 0 Å². The molecule has 0 radical (unpaired) electrons. The lowest BCUT2D eigenvalue weighted by molar-refractivity contribution is -0.461. The highest BCUT2D eigenvalue weighted by Crippen LogP contribution is 2.65. The molecule has 0 aliphatic rings. The fourth-order valence-electron chi connectivity index (χ4n) is 2.21. The third kappa shape index (κ3) is 4.06. The molecular formula is C13H13F17O2Si. The summed E-state index contributed by atoms with van der Waals surface area (Å²) in [4.78, 5) is 0. The van der Waals surface area contributed by atoms with Crippen LogP contribution in [0.25, 0.3) is 0 Å². The van der Waals surface area contributed by atoms with Crippen molar-refractivity contribution in [3.05, 3.63) is 0 Å². The minimum absolute atomic E-state index is 0.0636. The molecule has 0 N–H and O–H groups in total. The fourth-order valence-corrected chi connectivity index (χ4v) is 3.93. The van der Waals surface area contributed by atoms with Crippen molar-refractivity contribution < 1.29 is 83.5 Å². The zero-order valence-corrected chi connectivity index (χ0v) is 17.3. The predicted octanol–water partition coefficient (Wildman–Crippen LogP) is 6.75. The van der Waals surface area contributed by atoms with Crippen LogP contribution in [0.3, 0.4) is 0 Å². The van der Waals surface area contributed by atoms with Crippen molar-refractivity contribution in [1.82, 2.24) is 0 Å². The van der Waals surface area contributed by atoms with Crippen molar-refractivity contribution in [2.24, 2.45) is 0 Å². The van der Waals surface area contributed by atoms with Crippen molar-refractivity contribution in [1.29, 1.82) is 0 Å². The van der Waals surface area contributed by atoms with Crippen LogP contribution in [0, 0.1) is 0 Å². The average molecular weight is 552 g/mol. The molecule has 0 aromatic heterocycles. The van der Waals surface area contributed by atoms with Gasteiger partial charge >= 0.3 is 56.2 Å². The predicted molar refractivity (Wildman–Crippen MR) is 75.7 cm³/mol. The molecule has 0 heterocycles. The van der Waals surface area contributed by atoms with Gasteiger partial charge in [0.15, 0.2) is 0 Å². The molecule has 0 aliphatic heterocycles. The van der Waals surface area contributed by atoms with Crippen molar-refractivity contribution in [3.63, 3.8) is 0 Å². The maximum absolute atomic E-state index is 14.1. The molecule has 0 rings (SSSR count). The van der Waals surface area contributed by atoms with Gasteiger partial charge in [-0.15, -0.1) is 0 Å². The molecule has 0 bridgehead atoms. The van der Waals surface area contributed by atoms with Gasteiger partial charge in [-0.25, -0.2) is 0 Å². The Morgan fingerprint density at radius 3 is 0.970 bits per heavy atom. The molecule has 20 heteroatoms. The second-order valence-corrected chi connectivity index (χ2v) is 10.4. The summed E-state index contributed by atoms with van der Waals surface area (Å²) in [7, 11) is -3.73. The van der Waals surface area contributed by atoms with E-state index in [9.17, 15) is 74.6 Å². The van der Waals surface area contributed by atoms with Crippen LogP contribution in [0.2, 0.25) is 12.1 Å². The molecule has 0 saturated heterocycles. The van der Waals surface area contributed by atoms with E-state index in [1.54, 1.807) is 0 Å². The van der Waals surface area contributed by atoms with Crippen LogP contribution in [-0.4, -0.2) is 70.4 Å². The molecule has 0 aromatic rings. The first kappa shape index (κ1) is 31.9. The van der Waals surface area contributed by atoms with Gasteiger partial charge in [-0.1, -0.05) is 6.92 Å². The number of hydrogen-bond donors (Lipinski definition) is 0. The van der Waals surface area contributed by atoms with Gasteiger partial charge in [0.2, 0.25) is 0 Å². The molecule has 1 unspecified atom stereocenters. The summed E-state index contributed by atoms with van der Waals surface area (Å²) in [6.45, 7) is 0.413. The van der Waals surface area contributed by atoms with Gasteiger partial charge in [0.1, 0.15) is 0 Å². The summed E-state index contributed by atoms with van der Waals surface area (Å²) < 4.78 is 234. The van der Waals surface area contributed by atoms with E-state index in [2.05, 4.69) is 8.85 Å². The minimum Gasteiger partial charge on any atom is -0.397 e. The van der Waals surface area contributed by atoms with Crippen LogP contribution in [0.15, 0.2) is 0 Å². The van der Waals surface area contributed by atoms with Crippen molar-refractivity contribution in [3.8, 4) is 0 Å². The molecule has 1 atom stereocenters. The highest BCUT2D eigenvalue weighted by Gasteiger charge is 2.95. The monoisotopic (exact) mass is 552 g/mol. The highest BCUT2D eigenvalue weighted by molar-refractivity contribution is 6.67. The van der Waals surface area contributed by atoms with E-state index in [1.807, 2.05) is 0 Å². The van der Waals surface area contributed by atoms with Crippen molar-refractivity contribution >= 4 is 8.56 Å². The minimum atomic E-state index is -8.64. The number of rotatable bonds is 10. The maximum Gasteiger partial charge on any atom is 0.460 e. The average Bonchev–Trinajstić information content (AvgIpc) is 2.64. The lowest BCUT2D eigenvalue weighted by atomic mass is 9.88. The van der Waals surface area contributed by atoms with Crippen LogP contribution in [0.1, 0.15) is 6.92 Å². The normalized spacial score (nSPS) is 17.4. The Morgan fingerprint density at radius 2 is 0.727 bits per heavy atom. The largest absolute Gasteiger partial charge is 0.460 e. The Kier molecular flexibility index (Phi) is 8.00. The van der Waals surface area contributed by atoms with Crippen LogP contribution < -0.4 is 0 Å². The second-order valence-electron chi connectivity index (χ2n) is 6.71. The van der Waals surface area contributed by atoms with Crippen molar-refractivity contribution in [2.75, 3.05) is 14.2 Å². The van der Waals surface area contributed by atoms with Gasteiger partial charge in [-0.3, -0.25) is 0 Å². The topological polar surface area (TPSA) is 18.5 Å². The molecule has 0 saturated carbocycles. The highest BCUT2D eigenvalue weighted by atomic mass is 28.4. The van der Waals surface area contributed by atoms with E-state index < -0.39 is 61.7 Å². The maximum atomic E-state index is 14.1. The Hall–Kier alpha value is -1.05. The molecule has 200 valence electrons. The quantitative estimate of drug-likeness (QED) is 0.221. The van der Waals surface area contributed by atoms with Gasteiger partial charge in [0.25, 0.3) is 0 Å².